The second-order valence-electron chi connectivity index (χ2n) is 5.35. The molecule has 2 rings (SSSR count). The van der Waals surface area contributed by atoms with E-state index < -0.39 is 5.97 Å². The van der Waals surface area contributed by atoms with Crippen LogP contribution in [-0.2, 0) is 11.3 Å². The van der Waals surface area contributed by atoms with Crippen molar-refractivity contribution in [3.05, 3.63) is 47.3 Å². The molecule has 2 aromatic rings. The van der Waals surface area contributed by atoms with E-state index in [0.29, 0.717) is 12.5 Å². The van der Waals surface area contributed by atoms with Gasteiger partial charge in [-0.05, 0) is 24.0 Å². The Balaban J connectivity index is 2.15. The number of carbonyl (C=O) groups is 1. The second kappa shape index (κ2) is 6.80. The first-order valence-corrected chi connectivity index (χ1v) is 7.91. The summed E-state index contributed by atoms with van der Waals surface area (Å²) in [6.45, 7) is 7.05. The number of aryl methyl sites for hydroxylation is 1. The number of thioether (sulfide) groups is 1. The third kappa shape index (κ3) is 4.11. The fourth-order valence-corrected chi connectivity index (χ4v) is 2.81. The molecule has 1 heterocycles. The van der Waals surface area contributed by atoms with Gasteiger partial charge in [0.15, 0.2) is 5.16 Å². The van der Waals surface area contributed by atoms with Crippen molar-refractivity contribution in [2.75, 3.05) is 5.75 Å². The number of imidazole rings is 1. The van der Waals surface area contributed by atoms with E-state index in [0.717, 1.165) is 10.9 Å². The lowest BCUT2D eigenvalue weighted by atomic mass is 10.0. The number of aliphatic carboxylic acids is 1. The van der Waals surface area contributed by atoms with Gasteiger partial charge in [-0.2, -0.15) is 0 Å². The highest BCUT2D eigenvalue weighted by Crippen LogP contribution is 2.21. The monoisotopic (exact) mass is 304 g/mol. The van der Waals surface area contributed by atoms with Gasteiger partial charge in [-0.25, -0.2) is 4.98 Å². The molecule has 0 saturated heterocycles. The van der Waals surface area contributed by atoms with Gasteiger partial charge < -0.3 is 9.67 Å². The normalized spacial score (nSPS) is 11.0. The molecule has 0 aliphatic heterocycles. The fraction of sp³-hybridized carbons (Fsp3) is 0.375. The molecule has 0 bridgehead atoms. The van der Waals surface area contributed by atoms with Gasteiger partial charge in [0.2, 0.25) is 0 Å². The average molecular weight is 304 g/mol. The van der Waals surface area contributed by atoms with Crippen molar-refractivity contribution in [3.8, 4) is 0 Å². The Hall–Kier alpha value is -1.75. The van der Waals surface area contributed by atoms with Crippen LogP contribution in [0.3, 0.4) is 0 Å². The van der Waals surface area contributed by atoms with Crippen LogP contribution in [0.4, 0.5) is 0 Å². The Morgan fingerprint density at radius 3 is 2.57 bits per heavy atom. The minimum Gasteiger partial charge on any atom is -0.481 e. The van der Waals surface area contributed by atoms with Crippen LogP contribution in [0.1, 0.15) is 36.6 Å². The standard InChI is InChI=1S/C16H20N2O2S/c1-11(2)14-6-4-13(5-7-14)9-18-12(3)8-17-16(18)21-10-15(19)20/h4-8,11H,9-10H2,1-3H3,(H,19,20). The number of benzene rings is 1. The summed E-state index contributed by atoms with van der Waals surface area (Å²) in [5.41, 5.74) is 3.55. The maximum absolute atomic E-state index is 10.7. The van der Waals surface area contributed by atoms with E-state index in [9.17, 15) is 4.79 Å². The number of hydrogen-bond acceptors (Lipinski definition) is 3. The topological polar surface area (TPSA) is 55.1 Å². The van der Waals surface area contributed by atoms with Crippen molar-refractivity contribution in [1.82, 2.24) is 9.55 Å². The van der Waals surface area contributed by atoms with Crippen LogP contribution in [0, 0.1) is 6.92 Å². The van der Waals surface area contributed by atoms with Crippen LogP contribution >= 0.6 is 11.8 Å². The smallest absolute Gasteiger partial charge is 0.313 e. The summed E-state index contributed by atoms with van der Waals surface area (Å²) in [5.74, 6) is -0.271. The van der Waals surface area contributed by atoms with Gasteiger partial charge in [-0.1, -0.05) is 49.9 Å². The number of carboxylic acids is 1. The van der Waals surface area contributed by atoms with Crippen LogP contribution in [0.15, 0.2) is 35.6 Å². The van der Waals surface area contributed by atoms with Crippen LogP contribution in [0.5, 0.6) is 0 Å². The zero-order chi connectivity index (χ0) is 15.4. The highest BCUT2D eigenvalue weighted by molar-refractivity contribution is 7.99. The minimum atomic E-state index is -0.825. The molecule has 5 heteroatoms. The molecule has 1 N–H and O–H groups in total. The van der Waals surface area contributed by atoms with Crippen LogP contribution < -0.4 is 0 Å². The van der Waals surface area contributed by atoms with Gasteiger partial charge in [0, 0.05) is 18.4 Å². The van der Waals surface area contributed by atoms with Crippen molar-refractivity contribution in [1.29, 1.82) is 0 Å². The average Bonchev–Trinajstić information content (AvgIpc) is 2.78. The first-order chi connectivity index (χ1) is 9.97. The predicted octanol–water partition coefficient (Wildman–Crippen LogP) is 3.54. The first kappa shape index (κ1) is 15.6. The van der Waals surface area contributed by atoms with Crippen molar-refractivity contribution < 1.29 is 9.90 Å². The highest BCUT2D eigenvalue weighted by atomic mass is 32.2. The number of rotatable bonds is 6. The SMILES string of the molecule is Cc1cnc(SCC(=O)O)n1Cc1ccc(C(C)C)cc1. The quantitative estimate of drug-likeness (QED) is 0.829. The highest BCUT2D eigenvalue weighted by Gasteiger charge is 2.10. The predicted molar refractivity (Wildman–Crippen MR) is 85.0 cm³/mol. The molecule has 0 radical (unpaired) electrons. The third-order valence-corrected chi connectivity index (χ3v) is 4.31. The van der Waals surface area contributed by atoms with Crippen molar-refractivity contribution in [2.24, 2.45) is 0 Å². The molecule has 0 saturated carbocycles. The van der Waals surface area contributed by atoms with E-state index in [-0.39, 0.29) is 5.75 Å². The Kier molecular flexibility index (Phi) is 5.07. The Labute approximate surface area is 129 Å². The van der Waals surface area contributed by atoms with E-state index in [1.807, 2.05) is 6.92 Å². The second-order valence-corrected chi connectivity index (χ2v) is 6.29. The van der Waals surface area contributed by atoms with E-state index >= 15 is 0 Å². The minimum absolute atomic E-state index is 0.0305. The van der Waals surface area contributed by atoms with E-state index in [4.69, 9.17) is 5.11 Å². The van der Waals surface area contributed by atoms with E-state index in [1.165, 1.54) is 22.9 Å². The van der Waals surface area contributed by atoms with Gasteiger partial charge in [0.05, 0.1) is 5.75 Å². The molecule has 21 heavy (non-hydrogen) atoms. The van der Waals surface area contributed by atoms with Crippen LogP contribution in [-0.4, -0.2) is 26.4 Å². The van der Waals surface area contributed by atoms with Crippen molar-refractivity contribution in [2.45, 2.75) is 38.4 Å². The molecule has 112 valence electrons. The summed E-state index contributed by atoms with van der Waals surface area (Å²) in [7, 11) is 0. The Morgan fingerprint density at radius 2 is 2.00 bits per heavy atom. The van der Waals surface area contributed by atoms with Gasteiger partial charge in [-0.15, -0.1) is 0 Å². The summed E-state index contributed by atoms with van der Waals surface area (Å²) in [6, 6.07) is 8.55. The van der Waals surface area contributed by atoms with Gasteiger partial charge >= 0.3 is 5.97 Å². The molecule has 1 aromatic heterocycles. The lowest BCUT2D eigenvalue weighted by Gasteiger charge is -2.11. The molecule has 4 nitrogen and oxygen atoms in total. The largest absolute Gasteiger partial charge is 0.481 e. The fourth-order valence-electron chi connectivity index (χ4n) is 2.06. The molecule has 0 spiro atoms. The molecule has 0 fully saturated rings. The Bertz CT molecular complexity index is 618. The van der Waals surface area contributed by atoms with Crippen LogP contribution in [0.2, 0.25) is 0 Å². The van der Waals surface area contributed by atoms with E-state index in [2.05, 4.69) is 47.7 Å². The van der Waals surface area contributed by atoms with E-state index in [1.54, 1.807) is 6.20 Å². The Morgan fingerprint density at radius 1 is 1.33 bits per heavy atom. The maximum atomic E-state index is 10.7. The third-order valence-electron chi connectivity index (χ3n) is 3.33. The van der Waals surface area contributed by atoms with Crippen LogP contribution in [0.25, 0.3) is 0 Å². The lowest BCUT2D eigenvalue weighted by molar-refractivity contribution is -0.133. The molecule has 0 amide bonds. The summed E-state index contributed by atoms with van der Waals surface area (Å²) in [6.07, 6.45) is 1.78. The van der Waals surface area contributed by atoms with Gasteiger partial charge in [0.25, 0.3) is 0 Å². The maximum Gasteiger partial charge on any atom is 0.313 e. The molecular formula is C16H20N2O2S. The zero-order valence-corrected chi connectivity index (χ0v) is 13.4. The number of nitrogens with zero attached hydrogens (tertiary/aromatic N) is 2. The molecule has 0 atom stereocenters. The summed E-state index contributed by atoms with van der Waals surface area (Å²) >= 11 is 1.26. The van der Waals surface area contributed by atoms with Crippen molar-refractivity contribution in [3.63, 3.8) is 0 Å². The number of hydrogen-bond donors (Lipinski definition) is 1. The molecule has 0 aliphatic carbocycles. The zero-order valence-electron chi connectivity index (χ0n) is 12.5. The lowest BCUT2D eigenvalue weighted by Crippen LogP contribution is -2.06. The van der Waals surface area contributed by atoms with Crippen molar-refractivity contribution >= 4 is 17.7 Å². The van der Waals surface area contributed by atoms with Gasteiger partial charge in [-0.3, -0.25) is 4.79 Å². The molecular weight excluding hydrogens is 284 g/mol. The summed E-state index contributed by atoms with van der Waals surface area (Å²) < 4.78 is 2.05. The molecule has 1 aromatic carbocycles. The summed E-state index contributed by atoms with van der Waals surface area (Å²) in [4.78, 5) is 15.0. The molecule has 0 unspecified atom stereocenters. The first-order valence-electron chi connectivity index (χ1n) is 6.93. The number of carboxylic acid groups (broad SMARTS) is 1. The number of aromatic nitrogens is 2. The molecule has 0 aliphatic rings. The van der Waals surface area contributed by atoms with Gasteiger partial charge in [0.1, 0.15) is 0 Å². The summed E-state index contributed by atoms with van der Waals surface area (Å²) in [5, 5.41) is 9.54.